The molecule has 160 valence electrons. The minimum absolute atomic E-state index is 0.0533. The van der Waals surface area contributed by atoms with Crippen molar-refractivity contribution in [1.82, 2.24) is 9.88 Å². The van der Waals surface area contributed by atoms with Crippen molar-refractivity contribution in [2.45, 2.75) is 0 Å². The number of rotatable bonds is 6. The van der Waals surface area contributed by atoms with Gasteiger partial charge in [0.05, 0.1) is 19.8 Å². The molecule has 8 heteroatoms. The molecular formula is C23H24N4O3S. The van der Waals surface area contributed by atoms with Crippen molar-refractivity contribution in [3.8, 4) is 10.6 Å². The van der Waals surface area contributed by atoms with Crippen molar-refractivity contribution < 1.29 is 14.3 Å². The molecule has 4 rings (SSSR count). The van der Waals surface area contributed by atoms with Crippen molar-refractivity contribution in [3.05, 3.63) is 65.7 Å². The van der Waals surface area contributed by atoms with Crippen molar-refractivity contribution in [2.24, 2.45) is 0 Å². The van der Waals surface area contributed by atoms with Crippen molar-refractivity contribution in [1.29, 1.82) is 0 Å². The second kappa shape index (κ2) is 9.72. The number of thiazole rings is 1. The first kappa shape index (κ1) is 21.0. The van der Waals surface area contributed by atoms with Gasteiger partial charge in [-0.15, -0.1) is 11.3 Å². The van der Waals surface area contributed by atoms with Gasteiger partial charge >= 0.3 is 0 Å². The number of likely N-dealkylation sites (N-methyl/N-ethyl adjacent to an activating group) is 1. The summed E-state index contributed by atoms with van der Waals surface area (Å²) in [5.41, 5.74) is 3.11. The summed E-state index contributed by atoms with van der Waals surface area (Å²) < 4.78 is 5.37. The lowest BCUT2D eigenvalue weighted by atomic mass is 10.2. The first-order valence-corrected chi connectivity index (χ1v) is 11.0. The number of hydrogen-bond acceptors (Lipinski definition) is 6. The van der Waals surface area contributed by atoms with Gasteiger partial charge in [-0.25, -0.2) is 4.98 Å². The lowest BCUT2D eigenvalue weighted by molar-refractivity contribution is -0.116. The lowest BCUT2D eigenvalue weighted by Gasteiger charge is -2.28. The van der Waals surface area contributed by atoms with Crippen LogP contribution in [0.3, 0.4) is 0 Å². The smallest absolute Gasteiger partial charge is 0.273 e. The van der Waals surface area contributed by atoms with Crippen LogP contribution in [-0.2, 0) is 9.53 Å². The maximum Gasteiger partial charge on any atom is 0.273 e. The second-order valence-electron chi connectivity index (χ2n) is 7.26. The van der Waals surface area contributed by atoms with E-state index in [-0.39, 0.29) is 18.4 Å². The lowest BCUT2D eigenvalue weighted by Crippen LogP contribution is -2.36. The van der Waals surface area contributed by atoms with E-state index in [0.29, 0.717) is 11.4 Å². The quantitative estimate of drug-likeness (QED) is 0.641. The average Bonchev–Trinajstić information content (AvgIpc) is 3.30. The van der Waals surface area contributed by atoms with E-state index in [1.807, 2.05) is 54.6 Å². The molecule has 0 bridgehead atoms. The van der Waals surface area contributed by atoms with Crippen LogP contribution in [-0.4, -0.2) is 61.6 Å². The SMILES string of the molecule is CN(CC(=O)Nc1ccc(N2CCOCC2)cc1)C(=O)c1csc(-c2ccccc2)n1. The standard InChI is InChI=1S/C23H24N4O3S/c1-26(23(29)20-16-31-22(25-20)17-5-3-2-4-6-17)15-21(28)24-18-7-9-19(10-8-18)27-11-13-30-14-12-27/h2-10,16H,11-15H2,1H3,(H,24,28). The minimum atomic E-state index is -0.281. The Morgan fingerprint density at radius 3 is 2.52 bits per heavy atom. The van der Waals surface area contributed by atoms with Gasteiger partial charge in [-0.3, -0.25) is 9.59 Å². The van der Waals surface area contributed by atoms with Crippen molar-refractivity contribution >= 4 is 34.5 Å². The van der Waals surface area contributed by atoms with Gasteiger partial charge < -0.3 is 19.9 Å². The zero-order chi connectivity index (χ0) is 21.6. The highest BCUT2D eigenvalue weighted by molar-refractivity contribution is 7.13. The molecule has 2 aromatic carbocycles. The Morgan fingerprint density at radius 2 is 1.81 bits per heavy atom. The Bertz CT molecular complexity index is 1030. The first-order valence-electron chi connectivity index (χ1n) is 10.1. The van der Waals surface area contributed by atoms with Crippen LogP contribution in [0, 0.1) is 0 Å². The van der Waals surface area contributed by atoms with Gasteiger partial charge in [0.1, 0.15) is 10.7 Å². The third-order valence-electron chi connectivity index (χ3n) is 5.00. The minimum Gasteiger partial charge on any atom is -0.378 e. The third kappa shape index (κ3) is 5.28. The number of carbonyl (C=O) groups excluding carboxylic acids is 2. The molecular weight excluding hydrogens is 412 g/mol. The molecule has 1 fully saturated rings. The van der Waals surface area contributed by atoms with E-state index in [0.717, 1.165) is 42.6 Å². The van der Waals surface area contributed by atoms with Crippen LogP contribution in [0.15, 0.2) is 60.0 Å². The first-order chi connectivity index (χ1) is 15.1. The van der Waals surface area contributed by atoms with Gasteiger partial charge in [-0.2, -0.15) is 0 Å². The van der Waals surface area contributed by atoms with E-state index < -0.39 is 0 Å². The maximum absolute atomic E-state index is 12.7. The summed E-state index contributed by atoms with van der Waals surface area (Å²) in [5.74, 6) is -0.537. The van der Waals surface area contributed by atoms with Crippen molar-refractivity contribution in [3.63, 3.8) is 0 Å². The number of carbonyl (C=O) groups is 2. The summed E-state index contributed by atoms with van der Waals surface area (Å²) in [6.07, 6.45) is 0. The predicted octanol–water partition coefficient (Wildman–Crippen LogP) is 3.36. The number of ether oxygens (including phenoxy) is 1. The number of aromatic nitrogens is 1. The fraction of sp³-hybridized carbons (Fsp3) is 0.261. The molecule has 1 saturated heterocycles. The van der Waals surface area contributed by atoms with Crippen LogP contribution in [0.2, 0.25) is 0 Å². The summed E-state index contributed by atoms with van der Waals surface area (Å²) in [4.78, 5) is 33.1. The molecule has 0 atom stereocenters. The van der Waals surface area contributed by atoms with E-state index in [9.17, 15) is 9.59 Å². The summed E-state index contributed by atoms with van der Waals surface area (Å²) in [6.45, 7) is 3.13. The molecule has 0 spiro atoms. The number of benzene rings is 2. The number of nitrogens with one attached hydrogen (secondary N) is 1. The molecule has 1 aliphatic heterocycles. The predicted molar refractivity (Wildman–Crippen MR) is 123 cm³/mol. The monoisotopic (exact) mass is 436 g/mol. The second-order valence-corrected chi connectivity index (χ2v) is 8.12. The van der Waals surface area contributed by atoms with E-state index in [4.69, 9.17) is 4.74 Å². The molecule has 0 unspecified atom stereocenters. The number of amides is 2. The normalized spacial score (nSPS) is 13.6. The number of morpholine rings is 1. The van der Waals surface area contributed by atoms with Crippen LogP contribution < -0.4 is 10.2 Å². The molecule has 2 heterocycles. The third-order valence-corrected chi connectivity index (χ3v) is 5.89. The molecule has 31 heavy (non-hydrogen) atoms. The van der Waals surface area contributed by atoms with E-state index in [1.165, 1.54) is 16.2 Å². The van der Waals surface area contributed by atoms with Crippen LogP contribution in [0.25, 0.3) is 10.6 Å². The molecule has 3 aromatic rings. The van der Waals surface area contributed by atoms with E-state index in [2.05, 4.69) is 15.2 Å². The van der Waals surface area contributed by atoms with Crippen molar-refractivity contribution in [2.75, 3.05) is 50.1 Å². The van der Waals surface area contributed by atoms with Crippen LogP contribution in [0.5, 0.6) is 0 Å². The molecule has 1 aliphatic rings. The van der Waals surface area contributed by atoms with Gasteiger partial charge in [-0.05, 0) is 24.3 Å². The molecule has 1 aromatic heterocycles. The Labute approximate surface area is 185 Å². The highest BCUT2D eigenvalue weighted by Crippen LogP contribution is 2.24. The van der Waals surface area contributed by atoms with Gasteiger partial charge in [0.2, 0.25) is 5.91 Å². The Kier molecular flexibility index (Phi) is 6.59. The highest BCUT2D eigenvalue weighted by atomic mass is 32.1. The summed E-state index contributed by atoms with van der Waals surface area (Å²) in [7, 11) is 1.60. The highest BCUT2D eigenvalue weighted by Gasteiger charge is 2.19. The van der Waals surface area contributed by atoms with Gasteiger partial charge in [-0.1, -0.05) is 30.3 Å². The molecule has 2 amide bonds. The Hall–Kier alpha value is -3.23. The number of anilines is 2. The number of nitrogens with zero attached hydrogens (tertiary/aromatic N) is 3. The fourth-order valence-corrected chi connectivity index (χ4v) is 4.15. The molecule has 1 N–H and O–H groups in total. The van der Waals surface area contributed by atoms with E-state index in [1.54, 1.807) is 12.4 Å². The molecule has 0 aliphatic carbocycles. The van der Waals surface area contributed by atoms with Crippen LogP contribution >= 0.6 is 11.3 Å². The summed E-state index contributed by atoms with van der Waals surface area (Å²) in [6, 6.07) is 17.4. The Morgan fingerprint density at radius 1 is 1.10 bits per heavy atom. The summed E-state index contributed by atoms with van der Waals surface area (Å²) in [5, 5.41) is 5.35. The fourth-order valence-electron chi connectivity index (χ4n) is 3.35. The largest absolute Gasteiger partial charge is 0.378 e. The zero-order valence-electron chi connectivity index (χ0n) is 17.3. The molecule has 0 saturated carbocycles. The van der Waals surface area contributed by atoms with Gasteiger partial charge in [0.25, 0.3) is 5.91 Å². The molecule has 0 radical (unpaired) electrons. The zero-order valence-corrected chi connectivity index (χ0v) is 18.1. The van der Waals surface area contributed by atoms with Crippen LogP contribution in [0.1, 0.15) is 10.5 Å². The maximum atomic E-state index is 12.7. The Balaban J connectivity index is 1.32. The number of hydrogen-bond donors (Lipinski definition) is 1. The van der Waals surface area contributed by atoms with Gasteiger partial charge in [0.15, 0.2) is 0 Å². The average molecular weight is 437 g/mol. The van der Waals surface area contributed by atoms with Gasteiger partial charge in [0, 0.05) is 42.5 Å². The topological polar surface area (TPSA) is 74.8 Å². The van der Waals surface area contributed by atoms with Crippen LogP contribution in [0.4, 0.5) is 11.4 Å². The summed E-state index contributed by atoms with van der Waals surface area (Å²) >= 11 is 1.41. The molecule has 7 nitrogen and oxygen atoms in total. The van der Waals surface area contributed by atoms with E-state index >= 15 is 0 Å².